The maximum absolute atomic E-state index is 10.9. The molecule has 4 atom stereocenters. The van der Waals surface area contributed by atoms with E-state index in [9.17, 15) is 29.4 Å². The van der Waals surface area contributed by atoms with E-state index < -0.39 is 68.1 Å². The maximum atomic E-state index is 10.9. The van der Waals surface area contributed by atoms with Crippen LogP contribution in [0.4, 0.5) is 0 Å². The molecule has 6 N–H and O–H groups in total. The lowest BCUT2D eigenvalue weighted by molar-refractivity contribution is -1.02. The van der Waals surface area contributed by atoms with E-state index in [-0.39, 0.29) is 0 Å². The van der Waals surface area contributed by atoms with Crippen molar-refractivity contribution in [2.75, 3.05) is 13.2 Å². The Morgan fingerprint density at radius 2 is 0.733 bits per heavy atom. The molecule has 0 fully saturated rings. The van der Waals surface area contributed by atoms with Crippen molar-refractivity contribution in [1.29, 1.82) is 0 Å². The van der Waals surface area contributed by atoms with Crippen molar-refractivity contribution < 1.29 is 90.8 Å². The molecule has 0 heterocycles. The first-order chi connectivity index (χ1) is 13.8. The molecule has 0 spiro atoms. The molecule has 0 aromatic carbocycles. The quantitative estimate of drug-likeness (QED) is 0.119. The van der Waals surface area contributed by atoms with Crippen molar-refractivity contribution in [2.45, 2.75) is 24.4 Å². The van der Waals surface area contributed by atoms with Crippen LogP contribution in [-0.4, -0.2) is 99.4 Å². The van der Waals surface area contributed by atoms with Gasteiger partial charge in [0.1, 0.15) is 29.4 Å². The summed E-state index contributed by atoms with van der Waals surface area (Å²) >= 11 is 0. The molecule has 0 aliphatic heterocycles. The van der Waals surface area contributed by atoms with Crippen molar-refractivity contribution in [2.24, 2.45) is 0 Å². The fourth-order valence-electron chi connectivity index (χ4n) is 1.76. The van der Waals surface area contributed by atoms with Gasteiger partial charge < -0.3 is 0 Å². The fourth-order valence-corrected chi connectivity index (χ4v) is 1.76. The van der Waals surface area contributed by atoms with Gasteiger partial charge in [-0.3, -0.25) is 0 Å². The molecule has 0 saturated carbocycles. The van der Waals surface area contributed by atoms with Crippen LogP contribution in [0.3, 0.4) is 0 Å². The molecule has 0 aromatic heterocycles. The van der Waals surface area contributed by atoms with E-state index in [1.165, 1.54) is 0 Å². The Kier molecular flexibility index (Phi) is 9.93. The van der Waals surface area contributed by atoms with Crippen LogP contribution in [0.25, 0.3) is 0 Å². The Morgan fingerprint density at radius 3 is 0.933 bits per heavy atom. The van der Waals surface area contributed by atoms with Crippen LogP contribution in [0.5, 0.6) is 0 Å². The minimum Gasteiger partial charge on any atom is -0.200 e. The predicted molar refractivity (Wildman–Crippen MR) is 63.9 cm³/mol. The lowest BCUT2D eigenvalue weighted by Gasteiger charge is -2.20. The highest BCUT2D eigenvalue weighted by molar-refractivity contribution is 4.83. The highest BCUT2D eigenvalue weighted by Crippen LogP contribution is 2.19. The standard InChI is InChI=1S/C6H14N6O18/c13-7(14)25-1-3(27-9(17)18)5(29-11(21)22)6(30-12(23)24)4(28-10(19)20)2-26-8(15)16/h3-6H,1-2H2,(H,13,14)(H,15,16)(H,17,18)(H,19,20)(H,21,22)(H,23,24)/q+6/t3-,4-,5-,6-/m1/s1. The molecule has 0 bridgehead atoms. The lowest BCUT2D eigenvalue weighted by Crippen LogP contribution is -2.55. The van der Waals surface area contributed by atoms with Crippen LogP contribution in [0.1, 0.15) is 0 Å². The Hall–Kier alpha value is -4.80. The topological polar surface area (TPSA) is 297 Å². The van der Waals surface area contributed by atoms with Crippen LogP contribution in [0, 0.1) is 29.4 Å². The zero-order valence-electron chi connectivity index (χ0n) is 14.0. The van der Waals surface area contributed by atoms with Crippen LogP contribution < -0.4 is 0 Å². The second-order valence-electron chi connectivity index (χ2n) is 4.45. The Bertz CT molecular complexity index is 612. The molecule has 30 heavy (non-hydrogen) atoms. The van der Waals surface area contributed by atoms with Gasteiger partial charge in [-0.05, 0) is 0 Å². The second-order valence-corrected chi connectivity index (χ2v) is 4.45. The minimum atomic E-state index is -2.56. The summed E-state index contributed by atoms with van der Waals surface area (Å²) < 4.78 is 0. The van der Waals surface area contributed by atoms with Gasteiger partial charge in [0.2, 0.25) is 13.2 Å². The Balaban J connectivity index is 6.19. The summed E-state index contributed by atoms with van der Waals surface area (Å²) in [7, 11) is 0. The third-order valence-electron chi connectivity index (χ3n) is 2.63. The highest BCUT2D eigenvalue weighted by Gasteiger charge is 2.57. The summed E-state index contributed by atoms with van der Waals surface area (Å²) in [5.74, 6) is 0. The summed E-state index contributed by atoms with van der Waals surface area (Å²) in [5.41, 5.74) is 0. The third-order valence-corrected chi connectivity index (χ3v) is 2.63. The molecule has 0 rings (SSSR count). The third kappa shape index (κ3) is 10.4. The van der Waals surface area contributed by atoms with Gasteiger partial charge in [-0.25, -0.2) is 31.2 Å². The maximum Gasteiger partial charge on any atom is 0.475 e. The van der Waals surface area contributed by atoms with Crippen molar-refractivity contribution in [3.63, 3.8) is 0 Å². The first kappa shape index (κ1) is 25.2. The normalized spacial score (nSPS) is 14.0. The van der Waals surface area contributed by atoms with Crippen molar-refractivity contribution in [3.8, 4) is 0 Å². The van der Waals surface area contributed by atoms with E-state index in [4.69, 9.17) is 31.2 Å². The van der Waals surface area contributed by atoms with Gasteiger partial charge in [0, 0.05) is 0 Å². The number of hydrogen-bond donors (Lipinski definition) is 6. The molecule has 170 valence electrons. The minimum absolute atomic E-state index is 1.24. The van der Waals surface area contributed by atoms with Crippen molar-refractivity contribution in [1.82, 2.24) is 0 Å². The summed E-state index contributed by atoms with van der Waals surface area (Å²) in [6, 6.07) is 0. The molecule has 0 radical (unpaired) electrons. The summed E-state index contributed by atoms with van der Waals surface area (Å²) in [5, 5.41) is 43.6. The number of nitrogens with zero attached hydrogens (tertiary/aromatic N) is 6. The van der Waals surface area contributed by atoms with Crippen LogP contribution in [0.15, 0.2) is 0 Å². The monoisotopic (exact) mass is 458 g/mol. The van der Waals surface area contributed by atoms with Gasteiger partial charge in [0.05, 0.1) is 0 Å². The first-order valence-corrected chi connectivity index (χ1v) is 6.73. The molecular weight excluding hydrogens is 444 g/mol. The molecule has 24 heteroatoms. The first-order valence-electron chi connectivity index (χ1n) is 6.73. The molecule has 0 saturated heterocycles. The smallest absolute Gasteiger partial charge is 0.200 e. The van der Waals surface area contributed by atoms with E-state index >= 15 is 0 Å². The van der Waals surface area contributed by atoms with E-state index in [0.29, 0.717) is 0 Å². The van der Waals surface area contributed by atoms with Crippen molar-refractivity contribution in [3.05, 3.63) is 29.4 Å². The van der Waals surface area contributed by atoms with Crippen molar-refractivity contribution >= 4 is 0 Å². The SMILES string of the molecule is O=[N+](O)OC[C@@H](O[N+](=O)O)[C@@H](O[N+](=O)O)[C@H](O[N+](=O)O)[C@@H](CO[N+](=O)O)O[N+](=O)O. The summed E-state index contributed by atoms with van der Waals surface area (Å²) in [6.07, 6.45) is -9.86. The zero-order valence-corrected chi connectivity index (χ0v) is 14.0. The molecule has 0 aliphatic rings. The fraction of sp³-hybridized carbons (Fsp3) is 1.00. The Labute approximate surface area is 159 Å². The van der Waals surface area contributed by atoms with Crippen LogP contribution in [0.2, 0.25) is 0 Å². The molecule has 0 aliphatic carbocycles. The lowest BCUT2D eigenvalue weighted by atomic mass is 10.0. The molecule has 0 aromatic rings. The van der Waals surface area contributed by atoms with Crippen LogP contribution in [-0.2, 0) is 29.0 Å². The van der Waals surface area contributed by atoms with Gasteiger partial charge in [-0.15, -0.1) is 0 Å². The predicted octanol–water partition coefficient (Wildman–Crippen LogP) is -2.94. The molecule has 0 unspecified atom stereocenters. The molecular formula is C6H14N6O18+6. The van der Waals surface area contributed by atoms with E-state index in [1.54, 1.807) is 0 Å². The molecule has 0 amide bonds. The number of hydrogen-bond acceptors (Lipinski definition) is 12. The summed E-state index contributed by atoms with van der Waals surface area (Å²) in [6.45, 7) is -2.74. The zero-order chi connectivity index (χ0) is 23.4. The van der Waals surface area contributed by atoms with Gasteiger partial charge in [0.25, 0.3) is 24.4 Å². The van der Waals surface area contributed by atoms with Crippen LogP contribution >= 0.6 is 0 Å². The average molecular weight is 458 g/mol. The Morgan fingerprint density at radius 1 is 0.467 bits per heavy atom. The average Bonchev–Trinajstić information content (AvgIpc) is 2.57. The van der Waals surface area contributed by atoms with E-state index in [2.05, 4.69) is 29.0 Å². The number of rotatable bonds is 17. The highest BCUT2D eigenvalue weighted by atomic mass is 17.0. The van der Waals surface area contributed by atoms with Gasteiger partial charge >= 0.3 is 30.5 Å². The second kappa shape index (κ2) is 11.8. The molecule has 24 nitrogen and oxygen atoms in total. The largest absolute Gasteiger partial charge is 0.475 e. The van der Waals surface area contributed by atoms with Gasteiger partial charge in [0.15, 0.2) is 0 Å². The van der Waals surface area contributed by atoms with E-state index in [0.717, 1.165) is 0 Å². The summed E-state index contributed by atoms with van der Waals surface area (Å²) in [4.78, 5) is 88.3. The van der Waals surface area contributed by atoms with Gasteiger partial charge in [-0.1, -0.05) is 0 Å². The van der Waals surface area contributed by atoms with E-state index in [1.807, 2.05) is 0 Å². The van der Waals surface area contributed by atoms with Gasteiger partial charge in [-0.2, -0.15) is 29.0 Å².